The molecule has 142 valence electrons. The van der Waals surface area contributed by atoms with Crippen LogP contribution in [0.3, 0.4) is 0 Å². The van der Waals surface area contributed by atoms with E-state index in [0.29, 0.717) is 49.7 Å². The summed E-state index contributed by atoms with van der Waals surface area (Å²) in [6.07, 6.45) is -0.0707. The number of nitrogens with zero attached hydrogens (tertiary/aromatic N) is 1. The molecule has 1 aliphatic rings. The molecule has 3 rings (SSSR count). The van der Waals surface area contributed by atoms with Crippen LogP contribution in [0.1, 0.15) is 23.7 Å². The summed E-state index contributed by atoms with van der Waals surface area (Å²) in [5.74, 6) is 0.357. The molecule has 1 N–H and O–H groups in total. The molecule has 0 aromatic heterocycles. The van der Waals surface area contributed by atoms with E-state index in [1.165, 1.54) is 0 Å². The molecule has 1 saturated heterocycles. The molecule has 0 spiro atoms. The van der Waals surface area contributed by atoms with Gasteiger partial charge in [0.05, 0.1) is 13.2 Å². The molecule has 0 aliphatic carbocycles. The van der Waals surface area contributed by atoms with E-state index >= 15 is 0 Å². The Kier molecular flexibility index (Phi) is 6.44. The van der Waals surface area contributed by atoms with Gasteiger partial charge in [-0.1, -0.05) is 31.2 Å². The lowest BCUT2D eigenvalue weighted by molar-refractivity contribution is -0.122. The number of rotatable bonds is 6. The van der Waals surface area contributed by atoms with Crippen LogP contribution in [0.4, 0.5) is 5.69 Å². The van der Waals surface area contributed by atoms with Crippen molar-refractivity contribution >= 4 is 17.5 Å². The number of carbonyl (C=O) groups excluding carboxylic acids is 2. The molecule has 1 heterocycles. The molecule has 2 aromatic rings. The van der Waals surface area contributed by atoms with E-state index in [1.54, 1.807) is 29.2 Å². The predicted octanol–water partition coefficient (Wildman–Crippen LogP) is 2.96. The maximum absolute atomic E-state index is 12.6. The summed E-state index contributed by atoms with van der Waals surface area (Å²) in [7, 11) is 0. The summed E-state index contributed by atoms with van der Waals surface area (Å²) < 4.78 is 11.1. The lowest BCUT2D eigenvalue weighted by atomic mass is 10.1. The van der Waals surface area contributed by atoms with Crippen LogP contribution in [0.2, 0.25) is 0 Å². The summed E-state index contributed by atoms with van der Waals surface area (Å²) in [6, 6.07) is 16.2. The second kappa shape index (κ2) is 9.19. The molecule has 1 aliphatic heterocycles. The number of para-hydroxylation sites is 1. The molecule has 6 heteroatoms. The highest BCUT2D eigenvalue weighted by Crippen LogP contribution is 2.17. The van der Waals surface area contributed by atoms with Crippen LogP contribution in [-0.4, -0.2) is 49.1 Å². The minimum atomic E-state index is -0.606. The van der Waals surface area contributed by atoms with E-state index in [-0.39, 0.29) is 11.8 Å². The number of hydrogen-bond donors (Lipinski definition) is 1. The number of hydrogen-bond acceptors (Lipinski definition) is 4. The van der Waals surface area contributed by atoms with Crippen LogP contribution in [0, 0.1) is 0 Å². The molecular formula is C21H24N2O4. The summed E-state index contributed by atoms with van der Waals surface area (Å²) in [6.45, 7) is 4.16. The van der Waals surface area contributed by atoms with Gasteiger partial charge in [-0.05, 0) is 36.8 Å². The fourth-order valence-corrected chi connectivity index (χ4v) is 2.89. The largest absolute Gasteiger partial charge is 0.481 e. The van der Waals surface area contributed by atoms with Crippen LogP contribution >= 0.6 is 0 Å². The number of anilines is 1. The van der Waals surface area contributed by atoms with Crippen molar-refractivity contribution < 1.29 is 19.1 Å². The number of carbonyl (C=O) groups is 2. The first-order valence-electron chi connectivity index (χ1n) is 9.17. The molecule has 0 radical (unpaired) electrons. The standard InChI is InChI=1S/C21H24N2O4/c1-2-19(27-18-9-4-3-5-10-18)20(24)22-17-8-6-7-16(15-17)21(25)23-11-13-26-14-12-23/h3-10,15,19H,2,11-14H2,1H3,(H,22,24). The Morgan fingerprint density at radius 3 is 2.56 bits per heavy atom. The smallest absolute Gasteiger partial charge is 0.265 e. The van der Waals surface area contributed by atoms with Crippen molar-refractivity contribution in [3.63, 3.8) is 0 Å². The van der Waals surface area contributed by atoms with Gasteiger partial charge in [0, 0.05) is 24.3 Å². The summed E-state index contributed by atoms with van der Waals surface area (Å²) in [5.41, 5.74) is 1.13. The molecule has 0 saturated carbocycles. The molecule has 1 unspecified atom stereocenters. The van der Waals surface area contributed by atoms with Gasteiger partial charge in [-0.15, -0.1) is 0 Å². The lowest BCUT2D eigenvalue weighted by Crippen LogP contribution is -2.40. The normalized spacial score (nSPS) is 15.1. The third kappa shape index (κ3) is 5.08. The number of ether oxygens (including phenoxy) is 2. The molecule has 2 aromatic carbocycles. The Labute approximate surface area is 159 Å². The van der Waals surface area contributed by atoms with Crippen molar-refractivity contribution in [1.82, 2.24) is 4.90 Å². The first kappa shape index (κ1) is 18.9. The Morgan fingerprint density at radius 2 is 1.85 bits per heavy atom. The van der Waals surface area contributed by atoms with Crippen molar-refractivity contribution in [3.05, 3.63) is 60.2 Å². The SMILES string of the molecule is CCC(Oc1ccccc1)C(=O)Nc1cccc(C(=O)N2CCOCC2)c1. The highest BCUT2D eigenvalue weighted by Gasteiger charge is 2.21. The monoisotopic (exact) mass is 368 g/mol. The zero-order valence-electron chi connectivity index (χ0n) is 15.4. The van der Waals surface area contributed by atoms with Crippen molar-refractivity contribution in [3.8, 4) is 5.75 Å². The lowest BCUT2D eigenvalue weighted by Gasteiger charge is -2.27. The average Bonchev–Trinajstić information content (AvgIpc) is 2.73. The van der Waals surface area contributed by atoms with Crippen LogP contribution in [0.15, 0.2) is 54.6 Å². The zero-order chi connectivity index (χ0) is 19.1. The highest BCUT2D eigenvalue weighted by molar-refractivity contribution is 5.98. The van der Waals surface area contributed by atoms with E-state index < -0.39 is 6.10 Å². The van der Waals surface area contributed by atoms with Gasteiger partial charge >= 0.3 is 0 Å². The predicted molar refractivity (Wildman–Crippen MR) is 103 cm³/mol. The minimum absolute atomic E-state index is 0.0537. The van der Waals surface area contributed by atoms with Gasteiger partial charge in [-0.3, -0.25) is 9.59 Å². The molecular weight excluding hydrogens is 344 g/mol. The Bertz CT molecular complexity index is 773. The van der Waals surface area contributed by atoms with E-state index in [2.05, 4.69) is 5.32 Å². The van der Waals surface area contributed by atoms with Crippen LogP contribution < -0.4 is 10.1 Å². The maximum atomic E-state index is 12.6. The zero-order valence-corrected chi connectivity index (χ0v) is 15.4. The van der Waals surface area contributed by atoms with Gasteiger partial charge in [0.25, 0.3) is 11.8 Å². The number of nitrogens with one attached hydrogen (secondary N) is 1. The highest BCUT2D eigenvalue weighted by atomic mass is 16.5. The molecule has 1 atom stereocenters. The summed E-state index contributed by atoms with van der Waals surface area (Å²) >= 11 is 0. The minimum Gasteiger partial charge on any atom is -0.481 e. The quantitative estimate of drug-likeness (QED) is 0.851. The molecule has 27 heavy (non-hydrogen) atoms. The summed E-state index contributed by atoms with van der Waals surface area (Å²) in [4.78, 5) is 26.9. The molecule has 6 nitrogen and oxygen atoms in total. The summed E-state index contributed by atoms with van der Waals surface area (Å²) in [5, 5.41) is 2.85. The van der Waals surface area contributed by atoms with Gasteiger partial charge in [0.15, 0.2) is 6.10 Å². The van der Waals surface area contributed by atoms with E-state index in [1.807, 2.05) is 37.3 Å². The molecule has 1 fully saturated rings. The van der Waals surface area contributed by atoms with Gasteiger partial charge in [-0.2, -0.15) is 0 Å². The van der Waals surface area contributed by atoms with Crippen LogP contribution in [0.5, 0.6) is 5.75 Å². The van der Waals surface area contributed by atoms with Crippen LogP contribution in [0.25, 0.3) is 0 Å². The fourth-order valence-electron chi connectivity index (χ4n) is 2.89. The molecule has 0 bridgehead atoms. The number of benzene rings is 2. The average molecular weight is 368 g/mol. The van der Waals surface area contributed by atoms with Crippen molar-refractivity contribution in [2.24, 2.45) is 0 Å². The second-order valence-electron chi connectivity index (χ2n) is 6.30. The van der Waals surface area contributed by atoms with Gasteiger partial charge in [0.2, 0.25) is 0 Å². The van der Waals surface area contributed by atoms with Gasteiger partial charge in [-0.25, -0.2) is 0 Å². The van der Waals surface area contributed by atoms with E-state index in [0.717, 1.165) is 0 Å². The Balaban J connectivity index is 1.65. The Morgan fingerprint density at radius 1 is 1.11 bits per heavy atom. The second-order valence-corrected chi connectivity index (χ2v) is 6.30. The fraction of sp³-hybridized carbons (Fsp3) is 0.333. The topological polar surface area (TPSA) is 67.9 Å². The van der Waals surface area contributed by atoms with Crippen molar-refractivity contribution in [1.29, 1.82) is 0 Å². The third-order valence-electron chi connectivity index (χ3n) is 4.36. The van der Waals surface area contributed by atoms with E-state index in [9.17, 15) is 9.59 Å². The van der Waals surface area contributed by atoms with Gasteiger partial charge < -0.3 is 19.7 Å². The Hall–Kier alpha value is -2.86. The first-order valence-corrected chi connectivity index (χ1v) is 9.17. The van der Waals surface area contributed by atoms with Gasteiger partial charge in [0.1, 0.15) is 5.75 Å². The van der Waals surface area contributed by atoms with E-state index in [4.69, 9.17) is 9.47 Å². The maximum Gasteiger partial charge on any atom is 0.265 e. The number of amides is 2. The van der Waals surface area contributed by atoms with Crippen molar-refractivity contribution in [2.75, 3.05) is 31.6 Å². The molecule has 2 amide bonds. The third-order valence-corrected chi connectivity index (χ3v) is 4.36. The van der Waals surface area contributed by atoms with Crippen LogP contribution in [-0.2, 0) is 9.53 Å². The number of morpholine rings is 1. The first-order chi connectivity index (χ1) is 13.2. The van der Waals surface area contributed by atoms with Crippen molar-refractivity contribution in [2.45, 2.75) is 19.4 Å².